The molecule has 3 fully saturated rings. The van der Waals surface area contributed by atoms with E-state index in [-0.39, 0.29) is 34.1 Å². The van der Waals surface area contributed by atoms with Crippen LogP contribution in [0.5, 0.6) is 0 Å². The number of non-ortho nitro benzene ring substituents is 1. The van der Waals surface area contributed by atoms with E-state index in [1.54, 1.807) is 0 Å². The van der Waals surface area contributed by atoms with Crippen molar-refractivity contribution in [2.24, 2.45) is 17.8 Å². The summed E-state index contributed by atoms with van der Waals surface area (Å²) in [5.74, 6) is -23.0. The normalized spacial score (nSPS) is 29.3. The van der Waals surface area contributed by atoms with Gasteiger partial charge in [0.25, 0.3) is 17.5 Å². The summed E-state index contributed by atoms with van der Waals surface area (Å²) in [5, 5.41) is 21.1. The monoisotopic (exact) mass is 725 g/mol. The van der Waals surface area contributed by atoms with Gasteiger partial charge in [0.2, 0.25) is 17.6 Å². The molecule has 3 aromatic rings. The Hall–Kier alpha value is -4.67. The third-order valence-corrected chi connectivity index (χ3v) is 11.1. The summed E-state index contributed by atoms with van der Waals surface area (Å²) in [7, 11) is 0. The van der Waals surface area contributed by atoms with Crippen molar-refractivity contribution in [3.05, 3.63) is 98.8 Å². The molecular weight excluding hydrogens is 708 g/mol. The van der Waals surface area contributed by atoms with E-state index in [4.69, 9.17) is 27.6 Å². The quantitative estimate of drug-likeness (QED) is 0.0555. The molecule has 2 aliphatic heterocycles. The van der Waals surface area contributed by atoms with Gasteiger partial charge in [-0.15, -0.1) is 23.2 Å². The molecule has 2 saturated heterocycles. The number of hydrogen-bond donors (Lipinski definition) is 1. The molecule has 254 valence electrons. The Labute approximate surface area is 280 Å². The van der Waals surface area contributed by atoms with Crippen LogP contribution in [0.4, 0.5) is 39.0 Å². The fraction of sp³-hybridized carbons (Fsp3) is 0.290. The molecule has 2 aliphatic carbocycles. The van der Waals surface area contributed by atoms with Crippen molar-refractivity contribution in [2.75, 3.05) is 9.80 Å². The molecule has 18 heteroatoms. The van der Waals surface area contributed by atoms with Gasteiger partial charge in [0.15, 0.2) is 33.0 Å². The first-order valence-corrected chi connectivity index (χ1v) is 15.2. The average Bonchev–Trinajstić information content (AvgIpc) is 3.69. The van der Waals surface area contributed by atoms with E-state index >= 15 is 8.78 Å². The number of nitro benzene ring substituents is 1. The Balaban J connectivity index is 1.40. The molecule has 4 aliphatic rings. The van der Waals surface area contributed by atoms with Gasteiger partial charge in [0.05, 0.1) is 28.4 Å². The fourth-order valence-electron chi connectivity index (χ4n) is 7.51. The number of aliphatic hydroxyl groups is 1. The number of halogens is 7. The van der Waals surface area contributed by atoms with Crippen LogP contribution in [-0.4, -0.2) is 43.4 Å². The molecule has 6 atom stereocenters. The SMILES string of the molecule is O=C1C2CC=C3C(CC4(Cl)C(=O)N(c5c(F)c(F)c(F)c(F)c5F)C(=O)C4(Cl)C3c3ccc(CO)o3)C2C(=O)N1c1cccc([N+](=O)[O-])c1. The zero-order valence-electron chi connectivity index (χ0n) is 24.3. The smallest absolute Gasteiger partial charge is 0.271 e. The summed E-state index contributed by atoms with van der Waals surface area (Å²) in [4.78, 5) is 61.7. The Morgan fingerprint density at radius 1 is 0.898 bits per heavy atom. The Bertz CT molecular complexity index is 2060. The van der Waals surface area contributed by atoms with E-state index in [2.05, 4.69) is 0 Å². The van der Waals surface area contributed by atoms with E-state index in [1.165, 1.54) is 30.3 Å². The van der Waals surface area contributed by atoms with Gasteiger partial charge in [0.1, 0.15) is 23.8 Å². The van der Waals surface area contributed by atoms with E-state index in [0.29, 0.717) is 0 Å². The highest BCUT2D eigenvalue weighted by Gasteiger charge is 2.77. The summed E-state index contributed by atoms with van der Waals surface area (Å²) in [5.41, 5.74) is -2.33. The molecule has 1 aromatic heterocycles. The number of anilines is 2. The minimum Gasteiger partial charge on any atom is -0.463 e. The lowest BCUT2D eigenvalue weighted by Crippen LogP contribution is -2.60. The maximum atomic E-state index is 15.1. The van der Waals surface area contributed by atoms with Gasteiger partial charge in [-0.25, -0.2) is 31.8 Å². The molecule has 6 unspecified atom stereocenters. The molecule has 2 aromatic carbocycles. The summed E-state index contributed by atoms with van der Waals surface area (Å²) in [6, 6.07) is 7.25. The summed E-state index contributed by atoms with van der Waals surface area (Å²) in [6.45, 7) is -0.657. The van der Waals surface area contributed by atoms with Crippen LogP contribution in [0.2, 0.25) is 0 Å². The largest absolute Gasteiger partial charge is 0.463 e. The molecule has 4 amide bonds. The second-order valence-electron chi connectivity index (χ2n) is 11.9. The Kier molecular flexibility index (Phi) is 7.32. The summed E-state index contributed by atoms with van der Waals surface area (Å²) >= 11 is 14.0. The standard InChI is InChI=1S/C31H18Cl2F5N3O8/c32-30-9-16-14(5-6-15-18(16)27(44)39(26(15)43)11-2-1-3-12(8-11)41(47)48)19(17-7-4-13(10-42)49-17)31(30,33)29(46)40(28(30)45)25-23(37)21(35)20(34)22(36)24(25)38/h1-5,7-8,15-16,18-19,42H,6,9-10H2. The van der Waals surface area contributed by atoms with Crippen LogP contribution in [0.25, 0.3) is 0 Å². The first kappa shape index (κ1) is 32.9. The zero-order chi connectivity index (χ0) is 35.5. The number of nitrogens with zero attached hydrogens (tertiary/aromatic N) is 3. The molecular formula is C31H18Cl2F5N3O8. The second kappa shape index (κ2) is 10.9. The van der Waals surface area contributed by atoms with Crippen LogP contribution >= 0.6 is 23.2 Å². The highest BCUT2D eigenvalue weighted by molar-refractivity contribution is 6.58. The van der Waals surface area contributed by atoms with Crippen LogP contribution < -0.4 is 9.80 Å². The molecule has 11 nitrogen and oxygen atoms in total. The topological polar surface area (TPSA) is 151 Å². The lowest BCUT2D eigenvalue weighted by Gasteiger charge is -2.49. The molecule has 3 heterocycles. The van der Waals surface area contributed by atoms with Gasteiger partial charge in [-0.1, -0.05) is 17.7 Å². The van der Waals surface area contributed by atoms with E-state index in [1.807, 2.05) is 0 Å². The maximum absolute atomic E-state index is 15.1. The minimum atomic E-state index is -2.78. The molecule has 1 N–H and O–H groups in total. The number of allylic oxidation sites excluding steroid dienone is 2. The third-order valence-electron chi connectivity index (χ3n) is 9.64. The number of hydrogen-bond acceptors (Lipinski definition) is 8. The molecule has 0 radical (unpaired) electrons. The Morgan fingerprint density at radius 2 is 1.55 bits per heavy atom. The number of fused-ring (bicyclic) bond motifs is 4. The summed E-state index contributed by atoms with van der Waals surface area (Å²) in [6.07, 6.45) is 0.564. The van der Waals surface area contributed by atoms with Crippen LogP contribution in [0.3, 0.4) is 0 Å². The predicted octanol–water partition coefficient (Wildman–Crippen LogP) is 5.14. The number of carbonyl (C=O) groups excluding carboxylic acids is 4. The number of alkyl halides is 2. The van der Waals surface area contributed by atoms with Gasteiger partial charge in [-0.05, 0) is 37.0 Å². The highest BCUT2D eigenvalue weighted by Crippen LogP contribution is 2.66. The first-order valence-electron chi connectivity index (χ1n) is 14.4. The molecule has 1 saturated carbocycles. The van der Waals surface area contributed by atoms with Crippen LogP contribution in [-0.2, 0) is 25.8 Å². The Morgan fingerprint density at radius 3 is 2.16 bits per heavy atom. The van der Waals surface area contributed by atoms with Crippen LogP contribution in [0, 0.1) is 57.0 Å². The van der Waals surface area contributed by atoms with Crippen molar-refractivity contribution >= 4 is 63.9 Å². The van der Waals surface area contributed by atoms with Gasteiger partial charge in [-0.3, -0.25) is 29.3 Å². The van der Waals surface area contributed by atoms with Crippen molar-refractivity contribution in [2.45, 2.75) is 35.1 Å². The number of benzene rings is 2. The maximum Gasteiger partial charge on any atom is 0.271 e. The van der Waals surface area contributed by atoms with Crippen molar-refractivity contribution in [1.82, 2.24) is 0 Å². The van der Waals surface area contributed by atoms with Crippen molar-refractivity contribution < 1.29 is 55.6 Å². The van der Waals surface area contributed by atoms with Crippen molar-refractivity contribution in [3.8, 4) is 0 Å². The first-order chi connectivity index (χ1) is 23.1. The number of amides is 4. The van der Waals surface area contributed by atoms with Gasteiger partial charge in [0, 0.05) is 12.1 Å². The minimum absolute atomic E-state index is 0.0655. The number of imide groups is 2. The average molecular weight is 726 g/mol. The number of carbonyl (C=O) groups is 4. The van der Waals surface area contributed by atoms with Crippen LogP contribution in [0.1, 0.15) is 30.3 Å². The molecule has 7 rings (SSSR count). The van der Waals surface area contributed by atoms with Crippen molar-refractivity contribution in [1.29, 1.82) is 0 Å². The van der Waals surface area contributed by atoms with Crippen molar-refractivity contribution in [3.63, 3.8) is 0 Å². The fourth-order valence-corrected chi connectivity index (χ4v) is 8.43. The molecule has 0 spiro atoms. The number of rotatable bonds is 5. The molecule has 49 heavy (non-hydrogen) atoms. The van der Waals surface area contributed by atoms with E-state index in [9.17, 15) is 47.6 Å². The number of aliphatic hydroxyl groups excluding tert-OH is 1. The highest BCUT2D eigenvalue weighted by atomic mass is 35.5. The van der Waals surface area contributed by atoms with Gasteiger partial charge in [-0.2, -0.15) is 0 Å². The number of nitro groups is 1. The second-order valence-corrected chi connectivity index (χ2v) is 13.2. The molecule has 0 bridgehead atoms. The third kappa shape index (κ3) is 4.16. The van der Waals surface area contributed by atoms with Gasteiger partial charge >= 0.3 is 0 Å². The van der Waals surface area contributed by atoms with E-state index < -0.39 is 115 Å². The lowest BCUT2D eigenvalue weighted by molar-refractivity contribution is -0.384. The predicted molar refractivity (Wildman–Crippen MR) is 157 cm³/mol. The number of furan rings is 1. The van der Waals surface area contributed by atoms with Crippen LogP contribution in [0.15, 0.2) is 52.5 Å². The zero-order valence-corrected chi connectivity index (χ0v) is 25.8. The van der Waals surface area contributed by atoms with E-state index in [0.717, 1.165) is 17.0 Å². The summed E-state index contributed by atoms with van der Waals surface area (Å²) < 4.78 is 78.5. The lowest BCUT2D eigenvalue weighted by atomic mass is 9.57. The van der Waals surface area contributed by atoms with Gasteiger partial charge < -0.3 is 9.52 Å².